The molecule has 0 saturated carbocycles. The van der Waals surface area contributed by atoms with Gasteiger partial charge in [0.2, 0.25) is 11.6 Å². The Hall–Kier alpha value is 0.364. The summed E-state index contributed by atoms with van der Waals surface area (Å²) in [5.74, 6) is -2.05. The molecule has 10 heteroatoms. The molecule has 0 aromatic carbocycles. The Morgan fingerprint density at radius 2 is 1.22 bits per heavy atom. The predicted molar refractivity (Wildman–Crippen MR) is 149 cm³/mol. The summed E-state index contributed by atoms with van der Waals surface area (Å²) in [6.45, 7) is 34.6. The van der Waals surface area contributed by atoms with Crippen molar-refractivity contribution < 1.29 is 21.8 Å². The molecule has 32 heavy (non-hydrogen) atoms. The van der Waals surface area contributed by atoms with E-state index < -0.39 is 53.4 Å². The highest BCUT2D eigenvalue weighted by atomic mass is 28.4. The van der Waals surface area contributed by atoms with Crippen LogP contribution in [0, 0.1) is 0 Å². The summed E-state index contributed by atoms with van der Waals surface area (Å²) < 4.78 is 35.1. The second-order valence-electron chi connectivity index (χ2n) is 12.9. The fraction of sp³-hybridized carbons (Fsp3) is 0.818. The minimum Gasteiger partial charge on any atom is -0.436 e. The van der Waals surface area contributed by atoms with E-state index in [9.17, 15) is 0 Å². The molecule has 2 atom stereocenters. The van der Waals surface area contributed by atoms with Crippen LogP contribution in [0.2, 0.25) is 90.7 Å². The first-order chi connectivity index (χ1) is 14.1. The Morgan fingerprint density at radius 3 is 1.56 bits per heavy atom. The lowest BCUT2D eigenvalue weighted by Gasteiger charge is -2.61. The van der Waals surface area contributed by atoms with Crippen LogP contribution in [0.25, 0.3) is 0 Å². The van der Waals surface area contributed by atoms with Crippen molar-refractivity contribution >= 4 is 41.8 Å². The lowest BCUT2D eigenvalue weighted by molar-refractivity contribution is -0.333. The first-order valence-corrected chi connectivity index (χ1v) is 27.7. The molecule has 2 unspecified atom stereocenters. The monoisotopic (exact) mass is 534 g/mol. The molecule has 0 aliphatic carbocycles. The van der Waals surface area contributed by atoms with Crippen LogP contribution in [0.15, 0.2) is 25.3 Å². The Morgan fingerprint density at radius 1 is 0.750 bits per heavy atom. The zero-order valence-electron chi connectivity index (χ0n) is 22.9. The fourth-order valence-corrected chi connectivity index (χ4v) is 16.1. The second kappa shape index (κ2) is 10.2. The van der Waals surface area contributed by atoms with Crippen molar-refractivity contribution in [2.75, 3.05) is 0 Å². The SMILES string of the molecule is C=CCC1(O[Si](C)(C)C)O[Si](CC=C)(O[Si](C)(C)C)CCC1(O[Si](C)(C)C)O[Si](C)(C)C. The van der Waals surface area contributed by atoms with Crippen LogP contribution in [0.4, 0.5) is 0 Å². The smallest absolute Gasteiger partial charge is 0.334 e. The van der Waals surface area contributed by atoms with Crippen LogP contribution in [0.5, 0.6) is 0 Å². The van der Waals surface area contributed by atoms with E-state index in [2.05, 4.69) is 91.7 Å². The van der Waals surface area contributed by atoms with Gasteiger partial charge in [0.05, 0.1) is 0 Å². The minimum absolute atomic E-state index is 0.493. The molecular weight excluding hydrogens is 485 g/mol. The van der Waals surface area contributed by atoms with Gasteiger partial charge in [0.25, 0.3) is 0 Å². The van der Waals surface area contributed by atoms with Crippen LogP contribution in [-0.2, 0) is 21.8 Å². The molecule has 0 spiro atoms. The summed E-state index contributed by atoms with van der Waals surface area (Å²) in [4.78, 5) is 0. The van der Waals surface area contributed by atoms with E-state index >= 15 is 0 Å². The first kappa shape index (κ1) is 30.4. The van der Waals surface area contributed by atoms with Gasteiger partial charge in [0.15, 0.2) is 33.3 Å². The van der Waals surface area contributed by atoms with E-state index in [0.29, 0.717) is 12.8 Å². The molecule has 1 rings (SSSR count). The molecule has 0 radical (unpaired) electrons. The highest BCUT2D eigenvalue weighted by Crippen LogP contribution is 2.52. The number of allylic oxidation sites excluding steroid dienone is 1. The predicted octanol–water partition coefficient (Wildman–Crippen LogP) is 7.41. The minimum atomic E-state index is -2.67. The summed E-state index contributed by atoms with van der Waals surface area (Å²) in [6, 6.07) is 1.52. The van der Waals surface area contributed by atoms with Crippen molar-refractivity contribution in [2.24, 2.45) is 0 Å². The first-order valence-electron chi connectivity index (χ1n) is 11.8. The molecule has 1 aliphatic heterocycles. The molecular formula is C22H50O5Si5. The maximum atomic E-state index is 7.22. The molecule has 0 N–H and O–H groups in total. The Labute approximate surface area is 203 Å². The summed E-state index contributed by atoms with van der Waals surface area (Å²) in [6.07, 6.45) is 5.03. The van der Waals surface area contributed by atoms with Gasteiger partial charge in [-0.1, -0.05) is 12.2 Å². The Balaban J connectivity index is 3.83. The van der Waals surface area contributed by atoms with Gasteiger partial charge in [0, 0.05) is 18.9 Å². The fourth-order valence-electron chi connectivity index (χ4n) is 4.30. The van der Waals surface area contributed by atoms with Gasteiger partial charge < -0.3 is 21.8 Å². The normalized spacial score (nSPS) is 27.2. The third kappa shape index (κ3) is 8.86. The molecule has 1 heterocycles. The molecule has 1 fully saturated rings. The molecule has 5 nitrogen and oxygen atoms in total. The Bertz CT molecular complexity index is 644. The summed E-state index contributed by atoms with van der Waals surface area (Å²) in [7, 11) is -10.7. The van der Waals surface area contributed by atoms with Gasteiger partial charge in [-0.05, 0) is 84.6 Å². The average Bonchev–Trinajstić information content (AvgIpc) is 2.45. The number of rotatable bonds is 12. The molecule has 0 amide bonds. The van der Waals surface area contributed by atoms with Gasteiger partial charge in [-0.15, -0.1) is 13.2 Å². The van der Waals surface area contributed by atoms with Crippen molar-refractivity contribution in [3.63, 3.8) is 0 Å². The van der Waals surface area contributed by atoms with Crippen molar-refractivity contribution in [1.29, 1.82) is 0 Å². The van der Waals surface area contributed by atoms with E-state index in [1.54, 1.807) is 0 Å². The van der Waals surface area contributed by atoms with Crippen molar-refractivity contribution in [3.05, 3.63) is 25.3 Å². The molecule has 0 aromatic heterocycles. The lowest BCUT2D eigenvalue weighted by atomic mass is 10.00. The maximum absolute atomic E-state index is 7.22. The topological polar surface area (TPSA) is 46.2 Å². The third-order valence-electron chi connectivity index (χ3n) is 4.54. The summed E-state index contributed by atoms with van der Waals surface area (Å²) >= 11 is 0. The average molecular weight is 535 g/mol. The quantitative estimate of drug-likeness (QED) is 0.148. The van der Waals surface area contributed by atoms with E-state index in [0.717, 1.165) is 12.1 Å². The van der Waals surface area contributed by atoms with Crippen LogP contribution in [0.3, 0.4) is 0 Å². The van der Waals surface area contributed by atoms with Crippen molar-refractivity contribution in [1.82, 2.24) is 0 Å². The van der Waals surface area contributed by atoms with Crippen LogP contribution in [-0.4, -0.2) is 53.4 Å². The lowest BCUT2D eigenvalue weighted by Crippen LogP contribution is -2.74. The second-order valence-corrected chi connectivity index (χ2v) is 34.1. The van der Waals surface area contributed by atoms with Crippen LogP contribution in [0.1, 0.15) is 12.8 Å². The van der Waals surface area contributed by atoms with Crippen LogP contribution >= 0.6 is 0 Å². The highest BCUT2D eigenvalue weighted by molar-refractivity contribution is 6.83. The van der Waals surface area contributed by atoms with E-state index in [1.165, 1.54) is 0 Å². The number of hydrogen-bond donors (Lipinski definition) is 0. The molecule has 1 saturated heterocycles. The molecule has 0 bridgehead atoms. The van der Waals surface area contributed by atoms with E-state index in [4.69, 9.17) is 21.8 Å². The number of hydrogen-bond acceptors (Lipinski definition) is 5. The van der Waals surface area contributed by atoms with Gasteiger partial charge in [-0.25, -0.2) is 0 Å². The standard InChI is InChI=1S/C22H50O5Si5/c1-15-17-21(23-28(3,4)5)22(24-29(6,7)8,25-30(9,10)11)18-20-32(26-21,19-16-2)27-31(12,13)14/h15-16H,1-2,17-20H2,3-14H3. The summed E-state index contributed by atoms with van der Waals surface area (Å²) in [5.41, 5.74) is 0. The zero-order valence-corrected chi connectivity index (χ0v) is 27.9. The maximum Gasteiger partial charge on any atom is 0.334 e. The Kier molecular flexibility index (Phi) is 9.65. The third-order valence-corrected chi connectivity index (χ3v) is 13.9. The zero-order chi connectivity index (χ0) is 25.3. The van der Waals surface area contributed by atoms with Gasteiger partial charge >= 0.3 is 8.56 Å². The van der Waals surface area contributed by atoms with Crippen molar-refractivity contribution in [2.45, 2.75) is 115 Å². The highest BCUT2D eigenvalue weighted by Gasteiger charge is 2.67. The van der Waals surface area contributed by atoms with E-state index in [1.807, 2.05) is 12.2 Å². The van der Waals surface area contributed by atoms with Crippen LogP contribution < -0.4 is 0 Å². The molecule has 188 valence electrons. The van der Waals surface area contributed by atoms with Gasteiger partial charge in [-0.3, -0.25) is 0 Å². The summed E-state index contributed by atoms with van der Waals surface area (Å²) in [5, 5.41) is 0. The van der Waals surface area contributed by atoms with Gasteiger partial charge in [-0.2, -0.15) is 0 Å². The van der Waals surface area contributed by atoms with E-state index in [-0.39, 0.29) is 0 Å². The van der Waals surface area contributed by atoms with Crippen molar-refractivity contribution in [3.8, 4) is 0 Å². The van der Waals surface area contributed by atoms with Gasteiger partial charge in [0.1, 0.15) is 0 Å². The largest absolute Gasteiger partial charge is 0.436 e. The molecule has 1 aliphatic rings. The molecule has 0 aromatic rings.